The van der Waals surface area contributed by atoms with E-state index in [1.165, 1.54) is 6.20 Å². The molecule has 2 heterocycles. The highest BCUT2D eigenvalue weighted by molar-refractivity contribution is 6.83. The number of pyridine rings is 1. The molecule has 3 aromatic rings. The largest absolute Gasteiger partial charge is 0.408 e. The van der Waals surface area contributed by atoms with Gasteiger partial charge < -0.3 is 16.0 Å². The lowest BCUT2D eigenvalue weighted by Crippen LogP contribution is -2.38. The number of benzene rings is 1. The highest BCUT2D eigenvalue weighted by Crippen LogP contribution is 2.43. The number of fused-ring (bicyclic) bond motifs is 3. The highest BCUT2D eigenvalue weighted by atomic mass is 28.3. The van der Waals surface area contributed by atoms with Crippen LogP contribution in [0.2, 0.25) is 19.6 Å². The molecule has 0 spiro atoms. The molecule has 1 unspecified atom stereocenters. The third kappa shape index (κ3) is 4.39. The van der Waals surface area contributed by atoms with Gasteiger partial charge in [0.25, 0.3) is 5.91 Å². The molecular formula is C22H23F3N4OSi. The second-order valence-corrected chi connectivity index (χ2v) is 13.8. The number of nitrogens with one attached hydrogen (secondary N) is 2. The van der Waals surface area contributed by atoms with Crippen LogP contribution < -0.4 is 11.1 Å². The number of nitrogens with zero attached hydrogens (tertiary/aromatic N) is 1. The molecule has 1 aromatic carbocycles. The van der Waals surface area contributed by atoms with Crippen molar-refractivity contribution in [3.63, 3.8) is 0 Å². The van der Waals surface area contributed by atoms with Crippen LogP contribution in [0.1, 0.15) is 28.8 Å². The van der Waals surface area contributed by atoms with Crippen molar-refractivity contribution < 1.29 is 18.0 Å². The fourth-order valence-electron chi connectivity index (χ4n) is 3.58. The molecule has 1 aliphatic rings. The average molecular weight is 445 g/mol. The Hall–Kier alpha value is -2.99. The minimum Gasteiger partial charge on any atom is -0.365 e. The molecule has 1 amide bonds. The van der Waals surface area contributed by atoms with E-state index in [-0.39, 0.29) is 11.4 Å². The Morgan fingerprint density at radius 2 is 2.03 bits per heavy atom. The first-order valence-corrected chi connectivity index (χ1v) is 13.5. The molecule has 5 nitrogen and oxygen atoms in total. The summed E-state index contributed by atoms with van der Waals surface area (Å²) in [6, 6.07) is 3.76. The zero-order chi connectivity index (χ0) is 22.6. The normalized spacial score (nSPS) is 15.5. The Labute approximate surface area is 178 Å². The van der Waals surface area contributed by atoms with E-state index < -0.39 is 32.1 Å². The number of hydrogen-bond donors (Lipinski definition) is 3. The second kappa shape index (κ2) is 7.30. The van der Waals surface area contributed by atoms with Crippen molar-refractivity contribution in [1.82, 2.24) is 9.97 Å². The zero-order valence-electron chi connectivity index (χ0n) is 17.4. The molecule has 9 heteroatoms. The Balaban J connectivity index is 1.88. The van der Waals surface area contributed by atoms with Gasteiger partial charge in [0.1, 0.15) is 19.9 Å². The van der Waals surface area contributed by atoms with Crippen LogP contribution in [0.4, 0.5) is 19.0 Å². The number of anilines is 1. The van der Waals surface area contributed by atoms with E-state index >= 15 is 0 Å². The van der Waals surface area contributed by atoms with Crippen molar-refractivity contribution >= 4 is 41.6 Å². The van der Waals surface area contributed by atoms with Crippen molar-refractivity contribution in [2.24, 2.45) is 11.7 Å². The summed E-state index contributed by atoms with van der Waals surface area (Å²) >= 11 is 0. The van der Waals surface area contributed by atoms with Gasteiger partial charge >= 0.3 is 6.18 Å². The Morgan fingerprint density at radius 3 is 2.61 bits per heavy atom. The van der Waals surface area contributed by atoms with Gasteiger partial charge in [0.2, 0.25) is 0 Å². The molecule has 1 aliphatic carbocycles. The van der Waals surface area contributed by atoms with E-state index in [9.17, 15) is 18.0 Å². The monoisotopic (exact) mass is 444 g/mol. The quantitative estimate of drug-likeness (QED) is 0.399. The van der Waals surface area contributed by atoms with E-state index in [0.29, 0.717) is 34.6 Å². The van der Waals surface area contributed by atoms with E-state index in [4.69, 9.17) is 5.73 Å². The molecule has 0 radical (unpaired) electrons. The zero-order valence-corrected chi connectivity index (χ0v) is 18.4. The van der Waals surface area contributed by atoms with Crippen molar-refractivity contribution in [2.45, 2.75) is 44.7 Å². The van der Waals surface area contributed by atoms with Crippen molar-refractivity contribution in [3.8, 4) is 11.5 Å². The van der Waals surface area contributed by atoms with Crippen LogP contribution in [0.5, 0.6) is 0 Å². The number of aromatic amines is 1. The number of primary amides is 1. The molecule has 1 saturated carbocycles. The van der Waals surface area contributed by atoms with Crippen LogP contribution in [0.3, 0.4) is 0 Å². The van der Waals surface area contributed by atoms with Gasteiger partial charge in [0, 0.05) is 22.7 Å². The maximum atomic E-state index is 13.6. The third-order valence-corrected chi connectivity index (χ3v) is 6.09. The predicted octanol–water partition coefficient (Wildman–Crippen LogP) is 4.80. The average Bonchev–Trinajstić information content (AvgIpc) is 3.41. The molecule has 162 valence electrons. The molecule has 0 aliphatic heterocycles. The van der Waals surface area contributed by atoms with Crippen LogP contribution in [0.15, 0.2) is 24.4 Å². The third-order valence-electron chi connectivity index (χ3n) is 5.21. The molecule has 4 N–H and O–H groups in total. The van der Waals surface area contributed by atoms with E-state index in [1.807, 2.05) is 12.1 Å². The fourth-order valence-corrected chi connectivity index (χ4v) is 4.10. The second-order valence-electron chi connectivity index (χ2n) is 9.02. The lowest BCUT2D eigenvalue weighted by atomic mass is 10.1. The van der Waals surface area contributed by atoms with Gasteiger partial charge in [0.15, 0.2) is 0 Å². The SMILES string of the molecule is C[Si](C)(C)C#Cc1ccc2c(c1)[nH]c1c(C(N)=O)cnc(NC(C3CC3)C(F)(F)F)c12. The number of hydrogen-bond acceptors (Lipinski definition) is 3. The molecule has 1 atom stereocenters. The summed E-state index contributed by atoms with van der Waals surface area (Å²) in [5.74, 6) is 2.08. The van der Waals surface area contributed by atoms with Gasteiger partial charge in [-0.1, -0.05) is 31.6 Å². The first-order valence-electron chi connectivity index (χ1n) is 10.0. The van der Waals surface area contributed by atoms with E-state index in [0.717, 1.165) is 5.56 Å². The molecule has 4 rings (SSSR count). The van der Waals surface area contributed by atoms with Gasteiger partial charge in [-0.3, -0.25) is 4.79 Å². The molecule has 2 aromatic heterocycles. The van der Waals surface area contributed by atoms with Gasteiger partial charge in [-0.15, -0.1) is 5.54 Å². The van der Waals surface area contributed by atoms with Crippen molar-refractivity contribution in [3.05, 3.63) is 35.5 Å². The van der Waals surface area contributed by atoms with Crippen molar-refractivity contribution in [1.29, 1.82) is 0 Å². The summed E-state index contributed by atoms with van der Waals surface area (Å²) in [4.78, 5) is 19.2. The summed E-state index contributed by atoms with van der Waals surface area (Å²) in [5.41, 5.74) is 10.7. The molecular weight excluding hydrogens is 421 g/mol. The number of nitrogens with two attached hydrogens (primary N) is 1. The Bertz CT molecular complexity index is 1240. The van der Waals surface area contributed by atoms with E-state index in [1.54, 1.807) is 6.07 Å². The summed E-state index contributed by atoms with van der Waals surface area (Å²) in [6.45, 7) is 6.42. The fraction of sp³-hybridized carbons (Fsp3) is 0.364. The summed E-state index contributed by atoms with van der Waals surface area (Å²) in [6.07, 6.45) is -2.14. The first kappa shape index (κ1) is 21.2. The Morgan fingerprint density at radius 1 is 1.32 bits per heavy atom. The van der Waals surface area contributed by atoms with Gasteiger partial charge in [-0.25, -0.2) is 4.98 Å². The molecule has 31 heavy (non-hydrogen) atoms. The Kier molecular flexibility index (Phi) is 5.01. The van der Waals surface area contributed by atoms with E-state index in [2.05, 4.69) is 46.4 Å². The lowest BCUT2D eigenvalue weighted by Gasteiger charge is -2.22. The maximum Gasteiger partial charge on any atom is 0.408 e. The minimum atomic E-state index is -4.40. The summed E-state index contributed by atoms with van der Waals surface area (Å²) in [7, 11) is -1.57. The van der Waals surface area contributed by atoms with Crippen LogP contribution in [-0.2, 0) is 0 Å². The summed E-state index contributed by atoms with van der Waals surface area (Å²) < 4.78 is 40.8. The number of carbonyl (C=O) groups is 1. The topological polar surface area (TPSA) is 83.8 Å². The standard InChI is InChI=1S/C22H23F3N4OSi/c1-31(2,3)9-8-12-4-7-14-16(10-12)28-18-15(20(26)30)11-27-21(17(14)18)29-19(13-5-6-13)22(23,24)25/h4,7,10-11,13,19,28H,5-6H2,1-3H3,(H2,26,30)(H,27,29). The number of amides is 1. The van der Waals surface area contributed by atoms with Gasteiger partial charge in [-0.05, 0) is 30.9 Å². The summed E-state index contributed by atoms with van der Waals surface area (Å²) in [5, 5.41) is 3.68. The van der Waals surface area contributed by atoms with Gasteiger partial charge in [-0.2, -0.15) is 13.2 Å². The molecule has 1 fully saturated rings. The first-order chi connectivity index (χ1) is 14.4. The van der Waals surface area contributed by atoms with Crippen molar-refractivity contribution in [2.75, 3.05) is 5.32 Å². The maximum absolute atomic E-state index is 13.6. The number of H-pyrrole nitrogens is 1. The smallest absolute Gasteiger partial charge is 0.365 e. The minimum absolute atomic E-state index is 0.0846. The van der Waals surface area contributed by atoms with Crippen LogP contribution >= 0.6 is 0 Å². The predicted molar refractivity (Wildman–Crippen MR) is 119 cm³/mol. The van der Waals surface area contributed by atoms with Crippen LogP contribution in [-0.4, -0.2) is 36.2 Å². The molecule has 0 saturated heterocycles. The van der Waals surface area contributed by atoms with Crippen LogP contribution in [0.25, 0.3) is 21.8 Å². The van der Waals surface area contributed by atoms with Gasteiger partial charge in [0.05, 0.1) is 16.5 Å². The lowest BCUT2D eigenvalue weighted by molar-refractivity contribution is -0.146. The number of alkyl halides is 3. The molecule has 0 bridgehead atoms. The number of carbonyl (C=O) groups excluding carboxylic acids is 1. The van der Waals surface area contributed by atoms with Crippen LogP contribution in [0, 0.1) is 17.4 Å². The highest BCUT2D eigenvalue weighted by Gasteiger charge is 2.49. The number of halogens is 3. The number of rotatable bonds is 4. The number of aromatic nitrogens is 2.